The number of hydrogen-bond acceptors (Lipinski definition) is 5. The molecule has 7 nitrogen and oxygen atoms in total. The number of anilines is 2. The molecule has 3 N–H and O–H groups in total. The Bertz CT molecular complexity index is 754. The number of rotatable bonds is 6. The Labute approximate surface area is 156 Å². The molecule has 0 radical (unpaired) electrons. The highest BCUT2D eigenvalue weighted by Gasteiger charge is 2.16. The van der Waals surface area contributed by atoms with E-state index in [2.05, 4.69) is 20.9 Å². The number of carbonyl (C=O) groups excluding carboxylic acids is 2. The van der Waals surface area contributed by atoms with Crippen molar-refractivity contribution in [3.63, 3.8) is 0 Å². The molecule has 3 rings (SSSR count). The molecule has 26 heavy (non-hydrogen) atoms. The number of nitrogens with one attached hydrogen (secondary N) is 3. The summed E-state index contributed by atoms with van der Waals surface area (Å²) >= 11 is 1.29. The van der Waals surface area contributed by atoms with E-state index < -0.39 is 0 Å². The van der Waals surface area contributed by atoms with Crippen LogP contribution in [0.5, 0.6) is 0 Å². The zero-order valence-electron chi connectivity index (χ0n) is 14.6. The second-order valence-corrected chi connectivity index (χ2v) is 7.06. The van der Waals surface area contributed by atoms with Crippen LogP contribution >= 0.6 is 11.3 Å². The molecule has 0 bridgehead atoms. The number of aryl methyl sites for hydroxylation is 1. The summed E-state index contributed by atoms with van der Waals surface area (Å²) in [6, 6.07) is 7.15. The van der Waals surface area contributed by atoms with Crippen LogP contribution in [0.2, 0.25) is 0 Å². The van der Waals surface area contributed by atoms with Crippen LogP contribution in [0.4, 0.5) is 15.6 Å². The predicted octanol–water partition coefficient (Wildman–Crippen LogP) is 2.93. The molecule has 8 heteroatoms. The van der Waals surface area contributed by atoms with Crippen LogP contribution in [0.3, 0.4) is 0 Å². The Morgan fingerprint density at radius 1 is 1.27 bits per heavy atom. The van der Waals surface area contributed by atoms with Gasteiger partial charge in [-0.1, -0.05) is 17.7 Å². The third-order valence-corrected chi connectivity index (χ3v) is 4.78. The molecule has 0 saturated carbocycles. The number of nitrogens with zero attached hydrogens (tertiary/aromatic N) is 1. The summed E-state index contributed by atoms with van der Waals surface area (Å²) in [5, 5.41) is 10.5. The maximum atomic E-state index is 12.0. The van der Waals surface area contributed by atoms with Crippen LogP contribution in [0, 0.1) is 6.92 Å². The minimum absolute atomic E-state index is 0.0959. The summed E-state index contributed by atoms with van der Waals surface area (Å²) in [4.78, 5) is 28.2. The van der Waals surface area contributed by atoms with Crippen molar-refractivity contribution in [3.05, 3.63) is 40.9 Å². The van der Waals surface area contributed by atoms with Gasteiger partial charge in [0.15, 0.2) is 5.13 Å². The second kappa shape index (κ2) is 8.77. The Balaban J connectivity index is 1.43. The Kier molecular flexibility index (Phi) is 6.19. The van der Waals surface area contributed by atoms with Gasteiger partial charge in [-0.25, -0.2) is 9.78 Å². The highest BCUT2D eigenvalue weighted by atomic mass is 32.1. The molecule has 138 valence electrons. The van der Waals surface area contributed by atoms with Crippen molar-refractivity contribution in [2.24, 2.45) is 0 Å². The van der Waals surface area contributed by atoms with Crippen molar-refractivity contribution in [1.82, 2.24) is 10.3 Å². The fourth-order valence-corrected chi connectivity index (χ4v) is 3.31. The highest BCUT2D eigenvalue weighted by molar-refractivity contribution is 7.14. The maximum absolute atomic E-state index is 12.0. The standard InChI is InChI=1S/C18H22N4O3S/c1-12-4-6-13(7-5-12)20-17(24)22-18-21-14(11-26-18)9-16(23)19-10-15-3-2-8-25-15/h4-7,11,15H,2-3,8-10H2,1H3,(H,19,23)(H2,20,21,22,24)/t15-/m1/s1. The molecule has 0 aliphatic carbocycles. The summed E-state index contributed by atoms with van der Waals surface area (Å²) < 4.78 is 5.47. The zero-order chi connectivity index (χ0) is 18.4. The summed E-state index contributed by atoms with van der Waals surface area (Å²) in [6.45, 7) is 3.29. The number of amides is 3. The molecule has 1 atom stereocenters. The predicted molar refractivity (Wildman–Crippen MR) is 102 cm³/mol. The van der Waals surface area contributed by atoms with E-state index >= 15 is 0 Å². The first-order chi connectivity index (χ1) is 12.6. The summed E-state index contributed by atoms with van der Waals surface area (Å²) in [5.74, 6) is -0.0959. The zero-order valence-corrected chi connectivity index (χ0v) is 15.4. The fraction of sp³-hybridized carbons (Fsp3) is 0.389. The molecular weight excluding hydrogens is 352 g/mol. The highest BCUT2D eigenvalue weighted by Crippen LogP contribution is 2.17. The second-order valence-electron chi connectivity index (χ2n) is 6.21. The van der Waals surface area contributed by atoms with E-state index in [4.69, 9.17) is 4.74 Å². The van der Waals surface area contributed by atoms with E-state index in [1.54, 1.807) is 5.38 Å². The number of carbonyl (C=O) groups is 2. The van der Waals surface area contributed by atoms with Gasteiger partial charge in [0.1, 0.15) is 0 Å². The molecule has 1 aliphatic rings. The Morgan fingerprint density at radius 3 is 2.81 bits per heavy atom. The average molecular weight is 374 g/mol. The quantitative estimate of drug-likeness (QED) is 0.725. The molecule has 1 fully saturated rings. The first-order valence-corrected chi connectivity index (χ1v) is 9.44. The van der Waals surface area contributed by atoms with Gasteiger partial charge in [-0.15, -0.1) is 11.3 Å². The Hall–Kier alpha value is -2.45. The SMILES string of the molecule is Cc1ccc(NC(=O)Nc2nc(CC(=O)NC[C@H]3CCCO3)cs2)cc1. The lowest BCUT2D eigenvalue weighted by atomic mass is 10.2. The van der Waals surface area contributed by atoms with Crippen LogP contribution in [0.25, 0.3) is 0 Å². The molecule has 0 unspecified atom stereocenters. The molecule has 2 heterocycles. The molecule has 2 aromatic rings. The molecule has 1 aromatic carbocycles. The first kappa shape index (κ1) is 18.3. The molecule has 0 spiro atoms. The lowest BCUT2D eigenvalue weighted by Crippen LogP contribution is -2.32. The monoisotopic (exact) mass is 374 g/mol. The summed E-state index contributed by atoms with van der Waals surface area (Å²) in [7, 11) is 0. The maximum Gasteiger partial charge on any atom is 0.325 e. The lowest BCUT2D eigenvalue weighted by molar-refractivity contribution is -0.121. The number of thiazole rings is 1. The van der Waals surface area contributed by atoms with E-state index in [0.717, 1.165) is 25.0 Å². The van der Waals surface area contributed by atoms with Gasteiger partial charge in [0, 0.05) is 24.2 Å². The summed E-state index contributed by atoms with van der Waals surface area (Å²) in [6.07, 6.45) is 2.34. The third-order valence-electron chi connectivity index (χ3n) is 3.97. The third kappa shape index (κ3) is 5.53. The number of benzene rings is 1. The Morgan fingerprint density at radius 2 is 2.08 bits per heavy atom. The van der Waals surface area contributed by atoms with Crippen LogP contribution < -0.4 is 16.0 Å². The van der Waals surface area contributed by atoms with Gasteiger partial charge in [0.05, 0.1) is 18.2 Å². The van der Waals surface area contributed by atoms with E-state index in [-0.39, 0.29) is 24.5 Å². The number of hydrogen-bond donors (Lipinski definition) is 3. The van der Waals surface area contributed by atoms with E-state index in [9.17, 15) is 9.59 Å². The topological polar surface area (TPSA) is 92.4 Å². The minimum Gasteiger partial charge on any atom is -0.376 e. The molecule has 1 aromatic heterocycles. The van der Waals surface area contributed by atoms with Crippen molar-refractivity contribution in [1.29, 1.82) is 0 Å². The average Bonchev–Trinajstić information content (AvgIpc) is 3.27. The number of aromatic nitrogens is 1. The van der Waals surface area contributed by atoms with Gasteiger partial charge in [0.2, 0.25) is 5.91 Å². The van der Waals surface area contributed by atoms with Crippen LogP contribution in [-0.4, -0.2) is 36.2 Å². The fourth-order valence-electron chi connectivity index (χ4n) is 2.60. The van der Waals surface area contributed by atoms with Crippen molar-refractivity contribution >= 4 is 34.1 Å². The minimum atomic E-state index is -0.363. The van der Waals surface area contributed by atoms with Gasteiger partial charge >= 0.3 is 6.03 Å². The van der Waals surface area contributed by atoms with Crippen molar-refractivity contribution in [3.8, 4) is 0 Å². The van der Waals surface area contributed by atoms with Crippen molar-refractivity contribution < 1.29 is 14.3 Å². The van der Waals surface area contributed by atoms with Gasteiger partial charge in [0.25, 0.3) is 0 Å². The summed E-state index contributed by atoms with van der Waals surface area (Å²) in [5.41, 5.74) is 2.46. The van der Waals surface area contributed by atoms with E-state index in [0.29, 0.717) is 23.1 Å². The van der Waals surface area contributed by atoms with Crippen molar-refractivity contribution in [2.45, 2.75) is 32.3 Å². The van der Waals surface area contributed by atoms with Crippen LogP contribution in [0.15, 0.2) is 29.6 Å². The number of ether oxygens (including phenoxy) is 1. The van der Waals surface area contributed by atoms with Gasteiger partial charge in [-0.2, -0.15) is 0 Å². The molecular formula is C18H22N4O3S. The molecule has 3 amide bonds. The van der Waals surface area contributed by atoms with Gasteiger partial charge in [-0.05, 0) is 31.9 Å². The van der Waals surface area contributed by atoms with E-state index in [1.807, 2.05) is 31.2 Å². The number of urea groups is 1. The smallest absolute Gasteiger partial charge is 0.325 e. The first-order valence-electron chi connectivity index (χ1n) is 8.56. The van der Waals surface area contributed by atoms with Gasteiger partial charge < -0.3 is 15.4 Å². The van der Waals surface area contributed by atoms with E-state index in [1.165, 1.54) is 11.3 Å². The van der Waals surface area contributed by atoms with Gasteiger partial charge in [-0.3, -0.25) is 10.1 Å². The molecule has 1 saturated heterocycles. The normalized spacial score (nSPS) is 16.3. The lowest BCUT2D eigenvalue weighted by Gasteiger charge is -2.10. The van der Waals surface area contributed by atoms with Crippen molar-refractivity contribution in [2.75, 3.05) is 23.8 Å². The molecule has 1 aliphatic heterocycles. The van der Waals surface area contributed by atoms with Crippen LogP contribution in [0.1, 0.15) is 24.1 Å². The largest absolute Gasteiger partial charge is 0.376 e. The van der Waals surface area contributed by atoms with Crippen LogP contribution in [-0.2, 0) is 16.0 Å².